The van der Waals surface area contributed by atoms with Crippen molar-refractivity contribution in [3.05, 3.63) is 0 Å². The Bertz CT molecular complexity index is 307. The number of ether oxygens (including phenoxy) is 1. The minimum absolute atomic E-state index is 0.808. The molecule has 1 unspecified atom stereocenters. The Morgan fingerprint density at radius 1 is 1.46 bits per heavy atom. The average Bonchev–Trinajstić information content (AvgIpc) is 2.01. The lowest BCUT2D eigenvalue weighted by Gasteiger charge is -2.08. The Labute approximate surface area is 74.8 Å². The first kappa shape index (κ1) is 11.8. The molecule has 0 radical (unpaired) electrons. The molecule has 0 aromatic heterocycles. The van der Waals surface area contributed by atoms with E-state index in [0.717, 1.165) is 7.11 Å². The lowest BCUT2D eigenvalue weighted by Crippen LogP contribution is -2.41. The minimum atomic E-state index is -4.80. The Hall–Kier alpha value is -1.15. The summed E-state index contributed by atoms with van der Waals surface area (Å²) in [5.41, 5.74) is 0. The average molecular weight is 211 g/mol. The molecule has 1 amide bonds. The molecule has 0 aliphatic rings. The van der Waals surface area contributed by atoms with Crippen LogP contribution in [0.3, 0.4) is 0 Å². The maximum Gasteiger partial charge on any atom is 0.364 e. The second kappa shape index (κ2) is 4.19. The highest BCUT2D eigenvalue weighted by molar-refractivity contribution is 8.01. The molecule has 2 N–H and O–H groups in total. The van der Waals surface area contributed by atoms with Crippen molar-refractivity contribution in [3.8, 4) is 0 Å². The van der Waals surface area contributed by atoms with Gasteiger partial charge in [-0.15, -0.1) is 0 Å². The smallest absolute Gasteiger partial charge is 0.364 e. The van der Waals surface area contributed by atoms with E-state index >= 15 is 0 Å². The summed E-state index contributed by atoms with van der Waals surface area (Å²) >= 11 is 0. The molecule has 0 spiro atoms. The number of amides is 1. The minimum Gasteiger partial charge on any atom is -0.467 e. The van der Waals surface area contributed by atoms with Gasteiger partial charge in [-0.25, -0.2) is 4.79 Å². The number of carbonyl (C=O) groups excluding carboxylic acids is 2. The van der Waals surface area contributed by atoms with Gasteiger partial charge in [-0.3, -0.25) is 9.35 Å². The van der Waals surface area contributed by atoms with E-state index in [1.807, 2.05) is 0 Å². The van der Waals surface area contributed by atoms with Gasteiger partial charge in [-0.05, 0) is 6.92 Å². The second-order valence-electron chi connectivity index (χ2n) is 2.15. The van der Waals surface area contributed by atoms with Gasteiger partial charge in [0.2, 0.25) is 0 Å². The third-order valence-corrected chi connectivity index (χ3v) is 1.71. The van der Waals surface area contributed by atoms with Crippen LogP contribution >= 0.6 is 0 Å². The monoisotopic (exact) mass is 211 g/mol. The third kappa shape index (κ3) is 3.85. The molecule has 0 bridgehead atoms. The van der Waals surface area contributed by atoms with Crippen molar-refractivity contribution in [3.63, 3.8) is 0 Å². The molecule has 0 aromatic carbocycles. The van der Waals surface area contributed by atoms with Crippen LogP contribution in [-0.4, -0.2) is 37.3 Å². The van der Waals surface area contributed by atoms with E-state index in [9.17, 15) is 18.0 Å². The van der Waals surface area contributed by atoms with Gasteiger partial charge >= 0.3 is 21.3 Å². The summed E-state index contributed by atoms with van der Waals surface area (Å²) < 4.78 is 32.7. The van der Waals surface area contributed by atoms with Crippen LogP contribution < -0.4 is 5.32 Å². The maximum absolute atomic E-state index is 10.7. The summed E-state index contributed by atoms with van der Waals surface area (Å²) in [4.78, 5) is 21.2. The molecule has 0 heterocycles. The lowest BCUT2D eigenvalue weighted by molar-refractivity contribution is -0.142. The van der Waals surface area contributed by atoms with Gasteiger partial charge < -0.3 is 10.1 Å². The Kier molecular flexibility index (Phi) is 3.82. The molecule has 13 heavy (non-hydrogen) atoms. The number of nitrogens with one attached hydrogen (secondary N) is 1. The van der Waals surface area contributed by atoms with Gasteiger partial charge in [0.1, 0.15) is 6.04 Å². The van der Waals surface area contributed by atoms with Crippen LogP contribution in [-0.2, 0) is 19.6 Å². The van der Waals surface area contributed by atoms with Crippen molar-refractivity contribution >= 4 is 21.3 Å². The predicted octanol–water partition coefficient (Wildman–Crippen LogP) is -0.855. The largest absolute Gasteiger partial charge is 0.467 e. The summed E-state index contributed by atoms with van der Waals surface area (Å²) in [5, 5.41) is 0.0852. The van der Waals surface area contributed by atoms with Gasteiger partial charge in [-0.2, -0.15) is 8.42 Å². The molecular formula is C5H9NO6S. The van der Waals surface area contributed by atoms with Crippen LogP contribution in [0.5, 0.6) is 0 Å². The van der Waals surface area contributed by atoms with Crippen molar-refractivity contribution in [2.24, 2.45) is 0 Å². The zero-order valence-electron chi connectivity index (χ0n) is 6.97. The van der Waals surface area contributed by atoms with Gasteiger partial charge in [0, 0.05) is 0 Å². The maximum atomic E-state index is 10.7. The number of rotatable bonds is 2. The molecular weight excluding hydrogens is 202 g/mol. The summed E-state index contributed by atoms with van der Waals surface area (Å²) in [5.74, 6) is -0.808. The van der Waals surface area contributed by atoms with Gasteiger partial charge in [0.25, 0.3) is 0 Å². The zero-order chi connectivity index (χ0) is 10.6. The molecule has 0 aliphatic carbocycles. The summed E-state index contributed by atoms with van der Waals surface area (Å²) in [6.45, 7) is 1.22. The molecule has 0 rings (SSSR count). The highest BCUT2D eigenvalue weighted by atomic mass is 32.2. The van der Waals surface area contributed by atoms with E-state index in [-0.39, 0.29) is 0 Å². The molecule has 0 saturated heterocycles. The predicted molar refractivity (Wildman–Crippen MR) is 41.6 cm³/mol. The summed E-state index contributed by atoms with van der Waals surface area (Å²) in [6.07, 6.45) is 0. The lowest BCUT2D eigenvalue weighted by atomic mass is 10.4. The van der Waals surface area contributed by atoms with E-state index in [2.05, 4.69) is 4.74 Å². The van der Waals surface area contributed by atoms with Crippen molar-refractivity contribution in [2.45, 2.75) is 13.0 Å². The molecule has 0 aliphatic heterocycles. The van der Waals surface area contributed by atoms with Crippen LogP contribution in [0.15, 0.2) is 0 Å². The van der Waals surface area contributed by atoms with Crippen molar-refractivity contribution in [2.75, 3.05) is 7.11 Å². The molecule has 1 atom stereocenters. The van der Waals surface area contributed by atoms with E-state index in [0.29, 0.717) is 0 Å². The number of hydrogen-bond donors (Lipinski definition) is 2. The van der Waals surface area contributed by atoms with Crippen molar-refractivity contribution < 1.29 is 27.3 Å². The van der Waals surface area contributed by atoms with Crippen LogP contribution in [0.4, 0.5) is 4.79 Å². The second-order valence-corrected chi connectivity index (χ2v) is 3.47. The Morgan fingerprint density at radius 3 is 2.23 bits per heavy atom. The molecule has 8 heteroatoms. The molecule has 76 valence electrons. The van der Waals surface area contributed by atoms with Crippen LogP contribution in [0.2, 0.25) is 0 Å². The normalized spacial score (nSPS) is 13.2. The first-order chi connectivity index (χ1) is 5.79. The summed E-state index contributed by atoms with van der Waals surface area (Å²) in [7, 11) is -3.72. The first-order valence-electron chi connectivity index (χ1n) is 3.15. The highest BCUT2D eigenvalue weighted by Gasteiger charge is 2.23. The number of methoxy groups -OCH3 is 1. The number of hydrogen-bond acceptors (Lipinski definition) is 5. The van der Waals surface area contributed by atoms with Gasteiger partial charge in [0.15, 0.2) is 0 Å². The zero-order valence-corrected chi connectivity index (χ0v) is 7.79. The fourth-order valence-electron chi connectivity index (χ4n) is 0.487. The molecule has 7 nitrogen and oxygen atoms in total. The van der Waals surface area contributed by atoms with E-state index < -0.39 is 27.4 Å². The molecule has 0 saturated carbocycles. The van der Waals surface area contributed by atoms with Crippen LogP contribution in [0.25, 0.3) is 0 Å². The topological polar surface area (TPSA) is 110 Å². The molecule has 0 aromatic rings. The highest BCUT2D eigenvalue weighted by Crippen LogP contribution is 1.90. The standard InChI is InChI=1S/C5H9NO6S/c1-3(4(7)12-2)6-5(8)13(9,10)11/h3H,1-2H3,(H,6,8)(H,9,10,11). The first-order valence-corrected chi connectivity index (χ1v) is 4.59. The fourth-order valence-corrected chi connectivity index (χ4v) is 0.813. The van der Waals surface area contributed by atoms with E-state index in [1.54, 1.807) is 5.32 Å². The van der Waals surface area contributed by atoms with E-state index in [1.165, 1.54) is 6.92 Å². The number of carbonyl (C=O) groups is 2. The van der Waals surface area contributed by atoms with Gasteiger partial charge in [-0.1, -0.05) is 0 Å². The quantitative estimate of drug-likeness (QED) is 0.454. The van der Waals surface area contributed by atoms with Crippen LogP contribution in [0.1, 0.15) is 6.92 Å². The van der Waals surface area contributed by atoms with Gasteiger partial charge in [0.05, 0.1) is 7.11 Å². The molecule has 0 fully saturated rings. The summed E-state index contributed by atoms with van der Waals surface area (Å²) in [6, 6.07) is -1.13. The van der Waals surface area contributed by atoms with Crippen LogP contribution in [0, 0.1) is 0 Å². The fraction of sp³-hybridized carbons (Fsp3) is 0.600. The Balaban J connectivity index is 4.32. The van der Waals surface area contributed by atoms with Crippen molar-refractivity contribution in [1.29, 1.82) is 0 Å². The SMILES string of the molecule is COC(=O)C(C)NC(=O)S(=O)(=O)O. The van der Waals surface area contributed by atoms with Crippen molar-refractivity contribution in [1.82, 2.24) is 5.32 Å². The number of esters is 1. The third-order valence-electron chi connectivity index (χ3n) is 1.12. The van der Waals surface area contributed by atoms with E-state index in [4.69, 9.17) is 4.55 Å². The Morgan fingerprint density at radius 2 is 1.92 bits per heavy atom.